The summed E-state index contributed by atoms with van der Waals surface area (Å²) in [4.78, 5) is 83.6. The largest absolute Gasteiger partial charge is 0.463 e. The molecule has 1 N–H and O–H groups in total. The van der Waals surface area contributed by atoms with Crippen molar-refractivity contribution in [3.8, 4) is 11.1 Å². The predicted molar refractivity (Wildman–Crippen MR) is 396 cm³/mol. The van der Waals surface area contributed by atoms with E-state index in [2.05, 4.69) is 20.8 Å². The molecule has 18 heteroatoms. The number of carbonyl (C=O) groups is 7. The molecule has 1 aliphatic carbocycles. The second-order valence-corrected chi connectivity index (χ2v) is 26.0. The van der Waals surface area contributed by atoms with Crippen molar-refractivity contribution in [2.75, 3.05) is 52.9 Å². The number of aryl methyl sites for hydroxylation is 1. The SMILES string of the molecule is CC(C)(COC(=O)c1ccccc1)COC(=O)c1ccccc1.CCC(CC)COC(=O)C(C)O.CCC1CO1.CCCCOC(=O)c1ccccc1-c1ccccc1C(=O)OCCCC.Cc1ccc(Cl)cc1Cl.O=C(OCC1CCC(COC(=O)c2ccccc2)CC1)c1ccccc1. The molecule has 0 amide bonds. The van der Waals surface area contributed by atoms with Crippen LogP contribution in [-0.4, -0.2) is 112 Å². The van der Waals surface area contributed by atoms with Crippen LogP contribution in [0.1, 0.15) is 194 Å². The third kappa shape index (κ3) is 34.0. The Hall–Kier alpha value is -8.67. The smallest absolute Gasteiger partial charge is 0.338 e. The fourth-order valence-corrected chi connectivity index (χ4v) is 9.84. The summed E-state index contributed by atoms with van der Waals surface area (Å²) in [5.74, 6) is -1.34. The third-order valence-corrected chi connectivity index (χ3v) is 16.7. The molecule has 0 radical (unpaired) electrons. The third-order valence-electron chi connectivity index (χ3n) is 16.1. The number of hydrogen-bond donors (Lipinski definition) is 1. The number of ether oxygens (including phenoxy) is 8. The zero-order valence-electron chi connectivity index (χ0n) is 60.0. The second-order valence-electron chi connectivity index (χ2n) is 25.2. The number of aliphatic hydroxyl groups is 1. The maximum atomic E-state index is 12.5. The minimum atomic E-state index is -1.00. The lowest BCUT2D eigenvalue weighted by Crippen LogP contribution is -2.28. The number of rotatable bonds is 27. The van der Waals surface area contributed by atoms with Gasteiger partial charge >= 0.3 is 41.8 Å². The standard InChI is InChI=1S/C22H24O4.C22H26O4.C19H20O4.C9H18O3.C7H6Cl2.C4H8O/c23-21(19-7-3-1-4-8-19)25-15-17-11-13-18(14-12-17)16-26-22(24)20-9-5-2-6-10-20;1-3-5-15-25-21(23)19-13-9-7-11-17(19)18-12-8-10-14-20(18)22(24)26-16-6-4-2;1-19(2,13-22-17(20)15-9-5-3-6-10-15)14-23-18(21)16-11-7-4-8-12-16;1-4-8(5-2)6-12-9(11)7(3)10;1-5-2-3-6(8)4-7(5)9;1-2-4-3-5-4/h1-10,17-18H,11-16H2;7-14H,3-6,15-16H2,1-2H3;3-12H,13-14H2,1-2H3;7-8,10H,4-6H2,1-3H3;2-4H,1H3;4H,2-3H2,1H3. The molecule has 1 saturated heterocycles. The first kappa shape index (κ1) is 84.7. The molecule has 16 nitrogen and oxygen atoms in total. The number of benzene rings is 7. The number of esters is 7. The molecule has 2 fully saturated rings. The highest BCUT2D eigenvalue weighted by atomic mass is 35.5. The molecule has 7 aromatic rings. The van der Waals surface area contributed by atoms with Gasteiger partial charge in [0.1, 0.15) is 6.10 Å². The van der Waals surface area contributed by atoms with Gasteiger partial charge in [0.05, 0.1) is 92.3 Å². The minimum Gasteiger partial charge on any atom is -0.463 e. The first-order valence-electron chi connectivity index (χ1n) is 34.9. The van der Waals surface area contributed by atoms with Crippen molar-refractivity contribution in [1.29, 1.82) is 0 Å². The minimum absolute atomic E-state index is 0.169. The van der Waals surface area contributed by atoms with Crippen molar-refractivity contribution in [3.63, 3.8) is 0 Å². The number of hydrogen-bond acceptors (Lipinski definition) is 16. The molecule has 0 spiro atoms. The van der Waals surface area contributed by atoms with Crippen molar-refractivity contribution >= 4 is 65.0 Å². The van der Waals surface area contributed by atoms with Gasteiger partial charge in [0.25, 0.3) is 0 Å². The van der Waals surface area contributed by atoms with Crippen LogP contribution in [0, 0.1) is 30.1 Å². The molecule has 2 atom stereocenters. The van der Waals surface area contributed by atoms with Crippen LogP contribution in [0.25, 0.3) is 11.1 Å². The van der Waals surface area contributed by atoms with E-state index in [1.807, 2.05) is 120 Å². The number of halogens is 2. The first-order chi connectivity index (χ1) is 48.6. The van der Waals surface area contributed by atoms with Crippen LogP contribution in [0.15, 0.2) is 188 Å². The van der Waals surface area contributed by atoms with Crippen LogP contribution in [0.2, 0.25) is 10.0 Å². The molecule has 1 heterocycles. The fourth-order valence-electron chi connectivity index (χ4n) is 9.43. The van der Waals surface area contributed by atoms with Gasteiger partial charge in [0.15, 0.2) is 0 Å². The highest BCUT2D eigenvalue weighted by Crippen LogP contribution is 2.31. The van der Waals surface area contributed by atoms with Crippen LogP contribution in [0.5, 0.6) is 0 Å². The van der Waals surface area contributed by atoms with Crippen LogP contribution in [-0.2, 0) is 42.7 Å². The molecule has 2 unspecified atom stereocenters. The number of unbranched alkanes of at least 4 members (excludes halogenated alkanes) is 2. The fraction of sp³-hybridized carbons (Fsp3) is 0.410. The summed E-state index contributed by atoms with van der Waals surface area (Å²) in [7, 11) is 0. The highest BCUT2D eigenvalue weighted by molar-refractivity contribution is 6.35. The van der Waals surface area contributed by atoms with Crippen LogP contribution >= 0.6 is 23.2 Å². The van der Waals surface area contributed by atoms with Gasteiger partial charge in [-0.1, -0.05) is 213 Å². The Morgan fingerprint density at radius 3 is 1.15 bits per heavy atom. The lowest BCUT2D eigenvalue weighted by atomic mass is 9.83. The van der Waals surface area contributed by atoms with Gasteiger partial charge < -0.3 is 43.0 Å². The molecule has 7 aromatic carbocycles. The molecule has 101 heavy (non-hydrogen) atoms. The van der Waals surface area contributed by atoms with Crippen LogP contribution < -0.4 is 0 Å². The van der Waals surface area contributed by atoms with E-state index in [1.165, 1.54) is 13.3 Å². The summed E-state index contributed by atoms with van der Waals surface area (Å²) >= 11 is 11.4. The monoisotopic (exact) mass is 1420 g/mol. The van der Waals surface area contributed by atoms with E-state index < -0.39 is 17.5 Å². The number of carbonyl (C=O) groups excluding carboxylic acids is 7. The maximum absolute atomic E-state index is 12.5. The maximum Gasteiger partial charge on any atom is 0.338 e. The molecule has 2 aliphatic rings. The van der Waals surface area contributed by atoms with Crippen LogP contribution in [0.4, 0.5) is 0 Å². The lowest BCUT2D eigenvalue weighted by Gasteiger charge is -2.27. The Balaban J connectivity index is 0.000000273. The highest BCUT2D eigenvalue weighted by Gasteiger charge is 2.26. The summed E-state index contributed by atoms with van der Waals surface area (Å²) in [5.41, 5.74) is 5.05. The normalized spacial score (nSPS) is 14.3. The average molecular weight is 1430 g/mol. The van der Waals surface area contributed by atoms with Gasteiger partial charge in [-0.15, -0.1) is 0 Å². The predicted octanol–water partition coefficient (Wildman–Crippen LogP) is 18.9. The Morgan fingerprint density at radius 2 is 0.842 bits per heavy atom. The molecule has 0 aromatic heterocycles. The summed E-state index contributed by atoms with van der Waals surface area (Å²) in [6.07, 6.45) is 10.4. The first-order valence-corrected chi connectivity index (χ1v) is 35.7. The summed E-state index contributed by atoms with van der Waals surface area (Å²) in [5, 5.41) is 10.2. The Labute approximate surface area is 607 Å². The Morgan fingerprint density at radius 1 is 0.485 bits per heavy atom. The van der Waals surface area contributed by atoms with E-state index in [9.17, 15) is 33.6 Å². The molecule has 9 rings (SSSR count). The molecule has 0 bridgehead atoms. The van der Waals surface area contributed by atoms with Gasteiger partial charge in [-0.3, -0.25) is 0 Å². The lowest BCUT2D eigenvalue weighted by molar-refractivity contribution is -0.154. The summed E-state index contributed by atoms with van der Waals surface area (Å²) in [6, 6.07) is 55.6. The van der Waals surface area contributed by atoms with Crippen molar-refractivity contribution in [3.05, 3.63) is 237 Å². The topological polar surface area (TPSA) is 217 Å². The van der Waals surface area contributed by atoms with Crippen molar-refractivity contribution in [2.45, 2.75) is 145 Å². The van der Waals surface area contributed by atoms with E-state index in [0.29, 0.717) is 106 Å². The summed E-state index contributed by atoms with van der Waals surface area (Å²) < 4.78 is 41.9. The second kappa shape index (κ2) is 48.2. The van der Waals surface area contributed by atoms with E-state index in [4.69, 9.17) is 66.2 Å². The van der Waals surface area contributed by atoms with E-state index in [1.54, 1.807) is 103 Å². The number of epoxide rings is 1. The van der Waals surface area contributed by atoms with Gasteiger partial charge in [0.2, 0.25) is 0 Å². The quantitative estimate of drug-likeness (QED) is 0.0219. The Kier molecular flexibility index (Phi) is 40.4. The molecular weight excluding hydrogens is 1320 g/mol. The van der Waals surface area contributed by atoms with Crippen LogP contribution in [0.3, 0.4) is 0 Å². The van der Waals surface area contributed by atoms with Crippen molar-refractivity contribution in [2.24, 2.45) is 23.2 Å². The van der Waals surface area contributed by atoms with Crippen molar-refractivity contribution in [1.82, 2.24) is 0 Å². The van der Waals surface area contributed by atoms with E-state index >= 15 is 0 Å². The van der Waals surface area contributed by atoms with E-state index in [-0.39, 0.29) is 49.0 Å². The molecule has 1 saturated carbocycles. The van der Waals surface area contributed by atoms with Gasteiger partial charge in [-0.2, -0.15) is 0 Å². The van der Waals surface area contributed by atoms with E-state index in [0.717, 1.165) is 81.4 Å². The van der Waals surface area contributed by atoms with Crippen molar-refractivity contribution < 1.29 is 76.6 Å². The number of aliphatic hydroxyl groups excluding tert-OH is 1. The Bertz CT molecular complexity index is 3350. The van der Waals surface area contributed by atoms with Gasteiger partial charge in [0, 0.05) is 15.5 Å². The molecule has 1 aliphatic heterocycles. The van der Waals surface area contributed by atoms with Gasteiger partial charge in [-0.05, 0) is 166 Å². The molecular formula is C83H102Cl2O16. The van der Waals surface area contributed by atoms with Gasteiger partial charge in [-0.25, -0.2) is 33.6 Å². The zero-order valence-corrected chi connectivity index (χ0v) is 61.6. The molecule has 544 valence electrons. The summed E-state index contributed by atoms with van der Waals surface area (Å²) in [6.45, 7) is 20.9. The average Bonchev–Trinajstić information content (AvgIpc) is 1.36. The zero-order chi connectivity index (χ0) is 73.8.